The molecule has 106 valence electrons. The minimum Gasteiger partial charge on any atom is -0.368 e. The van der Waals surface area contributed by atoms with Crippen molar-refractivity contribution in [3.05, 3.63) is 42.1 Å². The van der Waals surface area contributed by atoms with Crippen molar-refractivity contribution < 1.29 is 4.79 Å². The van der Waals surface area contributed by atoms with Gasteiger partial charge in [0.25, 0.3) is 0 Å². The van der Waals surface area contributed by atoms with Crippen LogP contribution in [0.5, 0.6) is 0 Å². The summed E-state index contributed by atoms with van der Waals surface area (Å²) in [5.41, 5.74) is 8.45. The standard InChI is InChI=1S/C15H20N4O/c1-10(2)13(15(16)20)17-8-12-9-18-19-14(12)11-6-4-3-5-7-11/h3-7,9-10,13,17H,8H2,1-2H3,(H2,16,20)(H,18,19). The summed E-state index contributed by atoms with van der Waals surface area (Å²) in [4.78, 5) is 11.4. The second-order valence-electron chi connectivity index (χ2n) is 5.14. The monoisotopic (exact) mass is 272 g/mol. The fourth-order valence-corrected chi connectivity index (χ4v) is 2.18. The Balaban J connectivity index is 2.12. The molecule has 1 unspecified atom stereocenters. The van der Waals surface area contributed by atoms with Crippen LogP contribution in [0.15, 0.2) is 36.5 Å². The van der Waals surface area contributed by atoms with Gasteiger partial charge in [0.2, 0.25) is 5.91 Å². The number of primary amides is 1. The van der Waals surface area contributed by atoms with E-state index in [9.17, 15) is 4.79 Å². The molecule has 0 aliphatic rings. The Bertz CT molecular complexity index is 562. The first kappa shape index (κ1) is 14.3. The van der Waals surface area contributed by atoms with Crippen LogP contribution < -0.4 is 11.1 Å². The number of nitrogens with zero attached hydrogens (tertiary/aromatic N) is 1. The van der Waals surface area contributed by atoms with Gasteiger partial charge in [0.15, 0.2) is 0 Å². The summed E-state index contributed by atoms with van der Waals surface area (Å²) in [6.45, 7) is 4.48. The second kappa shape index (κ2) is 6.34. The molecule has 0 aliphatic carbocycles. The maximum atomic E-state index is 11.4. The summed E-state index contributed by atoms with van der Waals surface area (Å²) < 4.78 is 0. The molecule has 1 amide bonds. The lowest BCUT2D eigenvalue weighted by atomic mass is 10.0. The molecule has 0 bridgehead atoms. The fourth-order valence-electron chi connectivity index (χ4n) is 2.18. The van der Waals surface area contributed by atoms with Crippen molar-refractivity contribution in [3.63, 3.8) is 0 Å². The Labute approximate surface area is 118 Å². The maximum Gasteiger partial charge on any atom is 0.234 e. The van der Waals surface area contributed by atoms with Gasteiger partial charge in [-0.2, -0.15) is 5.10 Å². The van der Waals surface area contributed by atoms with E-state index in [4.69, 9.17) is 5.73 Å². The molecule has 0 saturated heterocycles. The molecule has 1 aromatic carbocycles. The molecule has 0 fully saturated rings. The van der Waals surface area contributed by atoms with Crippen molar-refractivity contribution in [2.45, 2.75) is 26.4 Å². The van der Waals surface area contributed by atoms with Gasteiger partial charge in [0.05, 0.1) is 17.9 Å². The number of amides is 1. The summed E-state index contributed by atoms with van der Waals surface area (Å²) in [6, 6.07) is 9.63. The smallest absolute Gasteiger partial charge is 0.234 e. The van der Waals surface area contributed by atoms with Crippen LogP contribution >= 0.6 is 0 Å². The zero-order valence-electron chi connectivity index (χ0n) is 11.8. The van der Waals surface area contributed by atoms with Crippen LogP contribution in [0.25, 0.3) is 11.3 Å². The molecule has 0 spiro atoms. The first-order chi connectivity index (χ1) is 9.59. The van der Waals surface area contributed by atoms with Crippen LogP contribution in [-0.4, -0.2) is 22.1 Å². The number of nitrogens with one attached hydrogen (secondary N) is 2. The van der Waals surface area contributed by atoms with Crippen molar-refractivity contribution in [1.82, 2.24) is 15.5 Å². The van der Waals surface area contributed by atoms with E-state index in [0.29, 0.717) is 6.54 Å². The molecule has 2 rings (SSSR count). The molecule has 5 heteroatoms. The van der Waals surface area contributed by atoms with E-state index in [0.717, 1.165) is 16.8 Å². The lowest BCUT2D eigenvalue weighted by Gasteiger charge is -2.18. The Morgan fingerprint density at radius 2 is 2.05 bits per heavy atom. The molecular weight excluding hydrogens is 252 g/mol. The number of nitrogens with two attached hydrogens (primary N) is 1. The predicted molar refractivity (Wildman–Crippen MR) is 78.7 cm³/mol. The molecule has 0 saturated carbocycles. The number of carbonyl (C=O) groups excluding carboxylic acids is 1. The summed E-state index contributed by atoms with van der Waals surface area (Å²) in [6.07, 6.45) is 1.77. The zero-order chi connectivity index (χ0) is 14.5. The van der Waals surface area contributed by atoms with E-state index in [2.05, 4.69) is 15.5 Å². The molecule has 0 radical (unpaired) electrons. The van der Waals surface area contributed by atoms with E-state index >= 15 is 0 Å². The van der Waals surface area contributed by atoms with Gasteiger partial charge < -0.3 is 11.1 Å². The van der Waals surface area contributed by atoms with E-state index in [1.165, 1.54) is 0 Å². The SMILES string of the molecule is CC(C)C(NCc1cn[nH]c1-c1ccccc1)C(N)=O. The van der Waals surface area contributed by atoms with Crippen molar-refractivity contribution in [3.8, 4) is 11.3 Å². The van der Waals surface area contributed by atoms with E-state index in [1.54, 1.807) is 6.20 Å². The molecule has 4 N–H and O–H groups in total. The van der Waals surface area contributed by atoms with Crippen LogP contribution in [0, 0.1) is 5.92 Å². The number of hydrogen-bond donors (Lipinski definition) is 3. The van der Waals surface area contributed by atoms with Crippen LogP contribution in [-0.2, 0) is 11.3 Å². The van der Waals surface area contributed by atoms with Gasteiger partial charge in [0, 0.05) is 12.1 Å². The van der Waals surface area contributed by atoms with Crippen LogP contribution in [0.2, 0.25) is 0 Å². The molecule has 1 atom stereocenters. The van der Waals surface area contributed by atoms with Gasteiger partial charge in [-0.05, 0) is 11.5 Å². The summed E-state index contributed by atoms with van der Waals surface area (Å²) >= 11 is 0. The lowest BCUT2D eigenvalue weighted by molar-refractivity contribution is -0.121. The Kier molecular flexibility index (Phi) is 4.53. The fraction of sp³-hybridized carbons (Fsp3) is 0.333. The third-order valence-corrected chi connectivity index (χ3v) is 3.27. The number of aromatic nitrogens is 2. The normalized spacial score (nSPS) is 12.6. The Morgan fingerprint density at radius 1 is 1.35 bits per heavy atom. The van der Waals surface area contributed by atoms with Crippen molar-refractivity contribution in [2.24, 2.45) is 11.7 Å². The highest BCUT2D eigenvalue weighted by Gasteiger charge is 2.19. The maximum absolute atomic E-state index is 11.4. The van der Waals surface area contributed by atoms with Gasteiger partial charge in [-0.25, -0.2) is 0 Å². The molecular formula is C15H20N4O. The molecule has 20 heavy (non-hydrogen) atoms. The highest BCUT2D eigenvalue weighted by molar-refractivity contribution is 5.80. The first-order valence-electron chi connectivity index (χ1n) is 6.70. The van der Waals surface area contributed by atoms with E-state index in [-0.39, 0.29) is 17.9 Å². The molecule has 0 aliphatic heterocycles. The van der Waals surface area contributed by atoms with Gasteiger partial charge in [0.1, 0.15) is 0 Å². The number of carbonyl (C=O) groups is 1. The van der Waals surface area contributed by atoms with E-state index in [1.807, 2.05) is 44.2 Å². The predicted octanol–water partition coefficient (Wildman–Crippen LogP) is 1.68. The molecule has 1 heterocycles. The lowest BCUT2D eigenvalue weighted by Crippen LogP contribution is -2.44. The van der Waals surface area contributed by atoms with Crippen molar-refractivity contribution in [2.75, 3.05) is 0 Å². The third-order valence-electron chi connectivity index (χ3n) is 3.27. The Morgan fingerprint density at radius 3 is 2.65 bits per heavy atom. The van der Waals surface area contributed by atoms with Gasteiger partial charge in [-0.1, -0.05) is 44.2 Å². The van der Waals surface area contributed by atoms with Crippen LogP contribution in [0.1, 0.15) is 19.4 Å². The van der Waals surface area contributed by atoms with Crippen LogP contribution in [0.3, 0.4) is 0 Å². The van der Waals surface area contributed by atoms with Crippen molar-refractivity contribution in [1.29, 1.82) is 0 Å². The van der Waals surface area contributed by atoms with Gasteiger partial charge in [-0.15, -0.1) is 0 Å². The highest BCUT2D eigenvalue weighted by Crippen LogP contribution is 2.20. The number of hydrogen-bond acceptors (Lipinski definition) is 3. The average Bonchev–Trinajstić information content (AvgIpc) is 2.87. The van der Waals surface area contributed by atoms with Gasteiger partial charge in [-0.3, -0.25) is 9.89 Å². The number of aromatic amines is 1. The minimum absolute atomic E-state index is 0.152. The average molecular weight is 272 g/mol. The molecule has 1 aromatic heterocycles. The highest BCUT2D eigenvalue weighted by atomic mass is 16.1. The third kappa shape index (κ3) is 3.24. The Hall–Kier alpha value is -2.14. The van der Waals surface area contributed by atoms with E-state index < -0.39 is 0 Å². The van der Waals surface area contributed by atoms with Gasteiger partial charge >= 0.3 is 0 Å². The van der Waals surface area contributed by atoms with Crippen molar-refractivity contribution >= 4 is 5.91 Å². The van der Waals surface area contributed by atoms with Crippen LogP contribution in [0.4, 0.5) is 0 Å². The minimum atomic E-state index is -0.339. The number of rotatable bonds is 6. The first-order valence-corrected chi connectivity index (χ1v) is 6.70. The summed E-state index contributed by atoms with van der Waals surface area (Å²) in [5.74, 6) is -0.177. The largest absolute Gasteiger partial charge is 0.368 e. The second-order valence-corrected chi connectivity index (χ2v) is 5.14. The molecule has 5 nitrogen and oxygen atoms in total. The zero-order valence-corrected chi connectivity index (χ0v) is 11.8. The quantitative estimate of drug-likeness (QED) is 0.748. The summed E-state index contributed by atoms with van der Waals surface area (Å²) in [5, 5.41) is 10.3. The summed E-state index contributed by atoms with van der Waals surface area (Å²) in [7, 11) is 0. The number of benzene rings is 1. The topological polar surface area (TPSA) is 83.8 Å². The molecule has 2 aromatic rings. The number of H-pyrrole nitrogens is 1.